The summed E-state index contributed by atoms with van der Waals surface area (Å²) in [6.45, 7) is 3.65. The van der Waals surface area contributed by atoms with Crippen LogP contribution in [0.2, 0.25) is 0 Å². The van der Waals surface area contributed by atoms with Crippen LogP contribution in [-0.4, -0.2) is 60.0 Å². The molecule has 0 saturated carbocycles. The quantitative estimate of drug-likeness (QED) is 0.742. The van der Waals surface area contributed by atoms with Crippen LogP contribution in [0.25, 0.3) is 0 Å². The van der Waals surface area contributed by atoms with Crippen LogP contribution >= 0.6 is 11.8 Å². The van der Waals surface area contributed by atoms with Crippen molar-refractivity contribution in [3.63, 3.8) is 0 Å². The molecule has 0 radical (unpaired) electrons. The molecule has 2 rings (SSSR count). The van der Waals surface area contributed by atoms with Crippen molar-refractivity contribution in [2.45, 2.75) is 37.5 Å². The molecule has 0 bridgehead atoms. The SMILES string of the molecule is COc1ccc(F)cc1C(C)(C)CC(O)(CN1CCSCC1)C(F)(F)F. The summed E-state index contributed by atoms with van der Waals surface area (Å²) < 4.78 is 60.2. The highest BCUT2D eigenvalue weighted by Gasteiger charge is 2.56. The third-order valence-corrected chi connectivity index (χ3v) is 5.68. The van der Waals surface area contributed by atoms with Gasteiger partial charge in [-0.3, -0.25) is 4.90 Å². The number of methoxy groups -OCH3 is 1. The summed E-state index contributed by atoms with van der Waals surface area (Å²) in [5, 5.41) is 10.6. The van der Waals surface area contributed by atoms with Gasteiger partial charge in [-0.15, -0.1) is 0 Å². The summed E-state index contributed by atoms with van der Waals surface area (Å²) >= 11 is 1.69. The molecule has 0 aromatic heterocycles. The van der Waals surface area contributed by atoms with E-state index in [1.807, 2.05) is 0 Å². The number of benzene rings is 1. The van der Waals surface area contributed by atoms with Gasteiger partial charge in [0.2, 0.25) is 0 Å². The standard InChI is InChI=1S/C18H25F4NO2S/c1-16(2,14-10-13(19)4-5-15(14)25-3)11-17(24,18(20,21)22)12-23-6-8-26-9-7-23/h4-5,10,24H,6-9,11-12H2,1-3H3. The number of hydrogen-bond donors (Lipinski definition) is 1. The van der Waals surface area contributed by atoms with Crippen LogP contribution in [0.3, 0.4) is 0 Å². The Hall–Kier alpha value is -0.990. The fourth-order valence-corrected chi connectivity index (χ4v) is 4.39. The fraction of sp³-hybridized carbons (Fsp3) is 0.667. The van der Waals surface area contributed by atoms with E-state index < -0.39 is 36.0 Å². The van der Waals surface area contributed by atoms with Gasteiger partial charge in [0.25, 0.3) is 0 Å². The van der Waals surface area contributed by atoms with Crippen molar-refractivity contribution in [3.8, 4) is 5.75 Å². The van der Waals surface area contributed by atoms with E-state index in [0.29, 0.717) is 24.4 Å². The summed E-state index contributed by atoms with van der Waals surface area (Å²) in [7, 11) is 1.38. The normalized spacial score (nSPS) is 19.2. The zero-order valence-electron chi connectivity index (χ0n) is 15.2. The summed E-state index contributed by atoms with van der Waals surface area (Å²) in [4.78, 5) is 1.64. The highest BCUT2D eigenvalue weighted by atomic mass is 32.2. The van der Waals surface area contributed by atoms with Crippen LogP contribution in [0.4, 0.5) is 17.6 Å². The van der Waals surface area contributed by atoms with E-state index >= 15 is 0 Å². The van der Waals surface area contributed by atoms with Gasteiger partial charge in [0.1, 0.15) is 11.6 Å². The van der Waals surface area contributed by atoms with Gasteiger partial charge in [0, 0.05) is 36.7 Å². The molecule has 1 aliphatic heterocycles. The van der Waals surface area contributed by atoms with Crippen LogP contribution in [-0.2, 0) is 5.41 Å². The van der Waals surface area contributed by atoms with Crippen molar-refractivity contribution in [1.29, 1.82) is 0 Å². The smallest absolute Gasteiger partial charge is 0.418 e. The monoisotopic (exact) mass is 395 g/mol. The molecule has 1 N–H and O–H groups in total. The fourth-order valence-electron chi connectivity index (χ4n) is 3.41. The van der Waals surface area contributed by atoms with Crippen LogP contribution in [0, 0.1) is 5.82 Å². The number of β-amino-alcohol motifs (C(OH)–C–C–N with tert-alkyl or cyclic N) is 1. The van der Waals surface area contributed by atoms with Crippen LogP contribution in [0.15, 0.2) is 18.2 Å². The lowest BCUT2D eigenvalue weighted by Gasteiger charge is -2.41. The number of rotatable bonds is 6. The molecule has 1 fully saturated rings. The van der Waals surface area contributed by atoms with Crippen LogP contribution in [0.5, 0.6) is 5.75 Å². The molecule has 1 unspecified atom stereocenters. The topological polar surface area (TPSA) is 32.7 Å². The second kappa shape index (κ2) is 7.94. The lowest BCUT2D eigenvalue weighted by Crippen LogP contribution is -2.57. The molecule has 1 aromatic rings. The van der Waals surface area contributed by atoms with Gasteiger partial charge in [0.05, 0.1) is 7.11 Å². The number of alkyl halides is 3. The van der Waals surface area contributed by atoms with Crippen LogP contribution in [0.1, 0.15) is 25.8 Å². The maximum absolute atomic E-state index is 13.8. The van der Waals surface area contributed by atoms with Gasteiger partial charge in [0.15, 0.2) is 5.60 Å². The molecule has 0 spiro atoms. The minimum atomic E-state index is -4.80. The molecular formula is C18H25F4NO2S. The second-order valence-corrected chi connectivity index (χ2v) is 8.55. The number of hydrogen-bond acceptors (Lipinski definition) is 4. The van der Waals surface area contributed by atoms with E-state index in [1.165, 1.54) is 25.3 Å². The third kappa shape index (κ3) is 4.84. The molecule has 1 saturated heterocycles. The molecule has 0 aliphatic carbocycles. The molecule has 1 heterocycles. The number of aliphatic hydroxyl groups is 1. The molecule has 3 nitrogen and oxygen atoms in total. The lowest BCUT2D eigenvalue weighted by molar-refractivity contribution is -0.271. The molecular weight excluding hydrogens is 370 g/mol. The van der Waals surface area contributed by atoms with Crippen molar-refractivity contribution in [1.82, 2.24) is 4.90 Å². The Labute approximate surface area is 155 Å². The lowest BCUT2D eigenvalue weighted by atomic mass is 9.74. The Morgan fingerprint density at radius 2 is 1.81 bits per heavy atom. The van der Waals surface area contributed by atoms with Gasteiger partial charge in [-0.05, 0) is 30.0 Å². The van der Waals surface area contributed by atoms with Gasteiger partial charge in [-0.2, -0.15) is 24.9 Å². The van der Waals surface area contributed by atoms with Crippen molar-refractivity contribution >= 4 is 11.8 Å². The van der Waals surface area contributed by atoms with Crippen molar-refractivity contribution in [3.05, 3.63) is 29.6 Å². The Morgan fingerprint density at radius 1 is 1.19 bits per heavy atom. The van der Waals surface area contributed by atoms with E-state index in [4.69, 9.17) is 4.74 Å². The average molecular weight is 395 g/mol. The van der Waals surface area contributed by atoms with Crippen molar-refractivity contribution in [2.24, 2.45) is 0 Å². The number of ether oxygens (including phenoxy) is 1. The van der Waals surface area contributed by atoms with Crippen molar-refractivity contribution < 1.29 is 27.4 Å². The zero-order valence-corrected chi connectivity index (χ0v) is 16.0. The first-order valence-electron chi connectivity index (χ1n) is 8.42. The minimum absolute atomic E-state index is 0.301. The number of thioether (sulfide) groups is 1. The maximum Gasteiger partial charge on any atom is 0.418 e. The number of halogens is 4. The summed E-state index contributed by atoms with van der Waals surface area (Å²) in [6.07, 6.45) is -5.39. The van der Waals surface area contributed by atoms with Gasteiger partial charge < -0.3 is 9.84 Å². The predicted molar refractivity (Wildman–Crippen MR) is 95.4 cm³/mol. The Kier molecular flexibility index (Phi) is 6.51. The molecule has 26 heavy (non-hydrogen) atoms. The molecule has 1 aliphatic rings. The minimum Gasteiger partial charge on any atom is -0.496 e. The first-order chi connectivity index (χ1) is 12.0. The third-order valence-electron chi connectivity index (χ3n) is 4.74. The number of nitrogens with zero attached hydrogens (tertiary/aromatic N) is 1. The first-order valence-corrected chi connectivity index (χ1v) is 9.57. The molecule has 8 heteroatoms. The van der Waals surface area contributed by atoms with E-state index in [0.717, 1.165) is 11.5 Å². The Morgan fingerprint density at radius 3 is 2.35 bits per heavy atom. The molecule has 1 atom stereocenters. The second-order valence-electron chi connectivity index (χ2n) is 7.32. The highest BCUT2D eigenvalue weighted by Crippen LogP contribution is 2.44. The summed E-state index contributed by atoms with van der Waals surface area (Å²) in [5.41, 5.74) is -3.74. The van der Waals surface area contributed by atoms with E-state index in [-0.39, 0.29) is 0 Å². The largest absolute Gasteiger partial charge is 0.496 e. The average Bonchev–Trinajstić information content (AvgIpc) is 2.54. The van der Waals surface area contributed by atoms with E-state index in [9.17, 15) is 22.7 Å². The summed E-state index contributed by atoms with van der Waals surface area (Å²) in [5.74, 6) is 1.23. The van der Waals surface area contributed by atoms with Gasteiger partial charge in [-0.25, -0.2) is 4.39 Å². The van der Waals surface area contributed by atoms with Crippen molar-refractivity contribution in [2.75, 3.05) is 38.2 Å². The highest BCUT2D eigenvalue weighted by molar-refractivity contribution is 7.99. The van der Waals surface area contributed by atoms with Gasteiger partial charge in [-0.1, -0.05) is 13.8 Å². The molecule has 0 amide bonds. The van der Waals surface area contributed by atoms with E-state index in [2.05, 4.69) is 0 Å². The van der Waals surface area contributed by atoms with E-state index in [1.54, 1.807) is 30.5 Å². The predicted octanol–water partition coefficient (Wildman–Crippen LogP) is 3.84. The Bertz CT molecular complexity index is 618. The Balaban J connectivity index is 2.33. The molecule has 148 valence electrons. The summed E-state index contributed by atoms with van der Waals surface area (Å²) in [6, 6.07) is 3.76. The first kappa shape index (κ1) is 21.3. The molecule has 1 aromatic carbocycles. The van der Waals surface area contributed by atoms with Gasteiger partial charge >= 0.3 is 6.18 Å². The zero-order chi connectivity index (χ0) is 19.6. The van der Waals surface area contributed by atoms with Crippen LogP contribution < -0.4 is 4.74 Å². The maximum atomic E-state index is 13.8.